The minimum absolute atomic E-state index is 0.154. The number of aromatic nitrogens is 3. The summed E-state index contributed by atoms with van der Waals surface area (Å²) in [5, 5.41) is 2.98. The van der Waals surface area contributed by atoms with Crippen LogP contribution in [0.5, 0.6) is 0 Å². The second-order valence-electron chi connectivity index (χ2n) is 6.29. The molecular formula is C19H22N4O2S. The SMILES string of the molecule is CSCC[C@@H](NC(=O)c1c(C)cc(C)[nH]c1=O)c1nc2ccccc2[nH]1. The van der Waals surface area contributed by atoms with E-state index in [0.29, 0.717) is 11.4 Å². The first kappa shape index (κ1) is 18.3. The number of carbonyl (C=O) groups is 1. The lowest BCUT2D eigenvalue weighted by Crippen LogP contribution is -2.34. The van der Waals surface area contributed by atoms with E-state index in [1.54, 1.807) is 31.7 Å². The first-order chi connectivity index (χ1) is 12.5. The Hall–Kier alpha value is -2.54. The van der Waals surface area contributed by atoms with Crippen molar-refractivity contribution in [2.24, 2.45) is 0 Å². The van der Waals surface area contributed by atoms with Gasteiger partial charge < -0.3 is 15.3 Å². The minimum atomic E-state index is -0.379. The van der Waals surface area contributed by atoms with Crippen molar-refractivity contribution in [3.63, 3.8) is 0 Å². The van der Waals surface area contributed by atoms with Crippen LogP contribution < -0.4 is 10.9 Å². The van der Waals surface area contributed by atoms with Crippen LogP contribution in [0.4, 0.5) is 0 Å². The summed E-state index contributed by atoms with van der Waals surface area (Å²) in [5.74, 6) is 1.19. The van der Waals surface area contributed by atoms with Gasteiger partial charge in [-0.05, 0) is 56.0 Å². The topological polar surface area (TPSA) is 90.6 Å². The monoisotopic (exact) mass is 370 g/mol. The van der Waals surface area contributed by atoms with Crippen molar-refractivity contribution in [3.8, 4) is 0 Å². The zero-order chi connectivity index (χ0) is 18.7. The fourth-order valence-corrected chi connectivity index (χ4v) is 3.49. The Morgan fingerprint density at radius 2 is 2.04 bits per heavy atom. The standard InChI is InChI=1S/C19H22N4O2S/c1-11-10-12(2)20-18(24)16(11)19(25)23-15(8-9-26-3)17-21-13-6-4-5-7-14(13)22-17/h4-7,10,15H,8-9H2,1-3H3,(H,20,24)(H,21,22)(H,23,25)/t15-/m1/s1. The maximum atomic E-state index is 12.8. The Bertz CT molecular complexity index is 960. The number of H-pyrrole nitrogens is 2. The number of carbonyl (C=O) groups excluding carboxylic acids is 1. The lowest BCUT2D eigenvalue weighted by Gasteiger charge is -2.17. The fourth-order valence-electron chi connectivity index (χ4n) is 3.02. The number of hydrogen-bond donors (Lipinski definition) is 3. The van der Waals surface area contributed by atoms with Gasteiger partial charge in [0.05, 0.1) is 17.1 Å². The molecule has 0 bridgehead atoms. The van der Waals surface area contributed by atoms with Crippen molar-refractivity contribution in [2.45, 2.75) is 26.3 Å². The smallest absolute Gasteiger partial charge is 0.261 e. The molecule has 0 fully saturated rings. The highest BCUT2D eigenvalue weighted by Crippen LogP contribution is 2.20. The van der Waals surface area contributed by atoms with Crippen LogP contribution in [-0.2, 0) is 0 Å². The summed E-state index contributed by atoms with van der Waals surface area (Å²) >= 11 is 1.70. The van der Waals surface area contributed by atoms with Gasteiger partial charge in [-0.15, -0.1) is 0 Å². The van der Waals surface area contributed by atoms with Crippen molar-refractivity contribution >= 4 is 28.7 Å². The molecule has 3 aromatic rings. The normalized spacial score (nSPS) is 12.3. The number of para-hydroxylation sites is 2. The molecule has 1 atom stereocenters. The van der Waals surface area contributed by atoms with Gasteiger partial charge in [0.2, 0.25) is 0 Å². The van der Waals surface area contributed by atoms with E-state index in [4.69, 9.17) is 0 Å². The molecule has 3 N–H and O–H groups in total. The fraction of sp³-hybridized carbons (Fsp3) is 0.316. The molecule has 1 aromatic carbocycles. The van der Waals surface area contributed by atoms with Crippen LogP contribution in [0.15, 0.2) is 35.1 Å². The average Bonchev–Trinajstić information content (AvgIpc) is 3.01. The van der Waals surface area contributed by atoms with Crippen LogP contribution in [0.25, 0.3) is 11.0 Å². The highest BCUT2D eigenvalue weighted by Gasteiger charge is 2.22. The lowest BCUT2D eigenvalue weighted by atomic mass is 10.1. The Labute approximate surface area is 155 Å². The van der Waals surface area contributed by atoms with E-state index in [0.717, 1.165) is 28.9 Å². The Morgan fingerprint density at radius 1 is 1.27 bits per heavy atom. The van der Waals surface area contributed by atoms with E-state index in [2.05, 4.69) is 20.3 Å². The number of fused-ring (bicyclic) bond motifs is 1. The first-order valence-corrected chi connectivity index (χ1v) is 9.84. The number of amides is 1. The summed E-state index contributed by atoms with van der Waals surface area (Å²) in [7, 11) is 0. The molecule has 136 valence electrons. The summed E-state index contributed by atoms with van der Waals surface area (Å²) in [4.78, 5) is 35.6. The van der Waals surface area contributed by atoms with Crippen LogP contribution in [0.1, 0.15) is 39.9 Å². The second-order valence-corrected chi connectivity index (χ2v) is 7.27. The summed E-state index contributed by atoms with van der Waals surface area (Å²) in [5.41, 5.74) is 2.97. The molecule has 6 nitrogen and oxygen atoms in total. The van der Waals surface area contributed by atoms with Crippen LogP contribution in [-0.4, -0.2) is 32.9 Å². The van der Waals surface area contributed by atoms with Gasteiger partial charge in [-0.25, -0.2) is 4.98 Å². The maximum absolute atomic E-state index is 12.8. The molecule has 26 heavy (non-hydrogen) atoms. The molecule has 1 amide bonds. The highest BCUT2D eigenvalue weighted by molar-refractivity contribution is 7.98. The summed E-state index contributed by atoms with van der Waals surface area (Å²) in [6.45, 7) is 3.57. The van der Waals surface area contributed by atoms with Crippen molar-refractivity contribution < 1.29 is 4.79 Å². The summed E-state index contributed by atoms with van der Waals surface area (Å²) in [6, 6.07) is 9.26. The van der Waals surface area contributed by atoms with E-state index in [-0.39, 0.29) is 23.1 Å². The first-order valence-electron chi connectivity index (χ1n) is 8.44. The number of hydrogen-bond acceptors (Lipinski definition) is 4. The van der Waals surface area contributed by atoms with Crippen molar-refractivity contribution in [1.82, 2.24) is 20.3 Å². The number of nitrogens with zero attached hydrogens (tertiary/aromatic N) is 1. The molecule has 0 aliphatic heterocycles. The molecular weight excluding hydrogens is 348 g/mol. The lowest BCUT2D eigenvalue weighted by molar-refractivity contribution is 0.0932. The second kappa shape index (κ2) is 7.78. The number of rotatable bonds is 6. The molecule has 0 aliphatic rings. The van der Waals surface area contributed by atoms with Gasteiger partial charge in [0.25, 0.3) is 11.5 Å². The van der Waals surface area contributed by atoms with Crippen LogP contribution in [0.3, 0.4) is 0 Å². The third kappa shape index (κ3) is 3.83. The maximum Gasteiger partial charge on any atom is 0.261 e. The van der Waals surface area contributed by atoms with Crippen LogP contribution >= 0.6 is 11.8 Å². The van der Waals surface area contributed by atoms with Gasteiger partial charge in [-0.3, -0.25) is 9.59 Å². The molecule has 0 saturated heterocycles. The third-order valence-electron chi connectivity index (χ3n) is 4.25. The van der Waals surface area contributed by atoms with Gasteiger partial charge in [0.15, 0.2) is 0 Å². The number of pyridine rings is 1. The highest BCUT2D eigenvalue weighted by atomic mass is 32.2. The van der Waals surface area contributed by atoms with Crippen molar-refractivity contribution in [2.75, 3.05) is 12.0 Å². The molecule has 3 rings (SSSR count). The largest absolute Gasteiger partial charge is 0.342 e. The van der Waals surface area contributed by atoms with E-state index < -0.39 is 0 Å². The number of aryl methyl sites for hydroxylation is 2. The number of aromatic amines is 2. The molecule has 0 saturated carbocycles. The Balaban J connectivity index is 1.91. The molecule has 0 unspecified atom stereocenters. The Kier molecular flexibility index (Phi) is 5.46. The van der Waals surface area contributed by atoms with Gasteiger partial charge >= 0.3 is 0 Å². The number of imidazole rings is 1. The molecule has 0 spiro atoms. The van der Waals surface area contributed by atoms with E-state index >= 15 is 0 Å². The van der Waals surface area contributed by atoms with Gasteiger partial charge in [0.1, 0.15) is 11.4 Å². The molecule has 0 radical (unpaired) electrons. The van der Waals surface area contributed by atoms with E-state index in [9.17, 15) is 9.59 Å². The zero-order valence-corrected chi connectivity index (χ0v) is 15.9. The molecule has 2 aromatic heterocycles. The summed E-state index contributed by atoms with van der Waals surface area (Å²) in [6.07, 6.45) is 2.74. The predicted molar refractivity (Wildman–Crippen MR) is 106 cm³/mol. The zero-order valence-electron chi connectivity index (χ0n) is 15.1. The van der Waals surface area contributed by atoms with Gasteiger partial charge in [0, 0.05) is 5.69 Å². The van der Waals surface area contributed by atoms with E-state index in [1.807, 2.05) is 30.5 Å². The van der Waals surface area contributed by atoms with Crippen LogP contribution in [0.2, 0.25) is 0 Å². The average molecular weight is 370 g/mol. The Morgan fingerprint density at radius 3 is 2.73 bits per heavy atom. The van der Waals surface area contributed by atoms with Crippen LogP contribution in [0, 0.1) is 13.8 Å². The minimum Gasteiger partial charge on any atom is -0.342 e. The van der Waals surface area contributed by atoms with E-state index in [1.165, 1.54) is 0 Å². The van der Waals surface area contributed by atoms with Gasteiger partial charge in [-0.2, -0.15) is 11.8 Å². The van der Waals surface area contributed by atoms with Crippen molar-refractivity contribution in [1.29, 1.82) is 0 Å². The molecule has 0 aliphatic carbocycles. The molecule has 7 heteroatoms. The number of nitrogens with one attached hydrogen (secondary N) is 3. The summed E-state index contributed by atoms with van der Waals surface area (Å²) < 4.78 is 0. The van der Waals surface area contributed by atoms with Crippen molar-refractivity contribution in [3.05, 3.63) is 63.3 Å². The predicted octanol–water partition coefficient (Wildman–Crippen LogP) is 3.09. The molecule has 2 heterocycles. The number of benzene rings is 1. The third-order valence-corrected chi connectivity index (χ3v) is 4.89. The quantitative estimate of drug-likeness (QED) is 0.622. The van der Waals surface area contributed by atoms with Gasteiger partial charge in [-0.1, -0.05) is 12.1 Å². The number of thioether (sulfide) groups is 1.